The maximum Gasteiger partial charge on any atom is 0.410 e. The van der Waals surface area contributed by atoms with Gasteiger partial charge in [0.25, 0.3) is 0 Å². The van der Waals surface area contributed by atoms with Crippen LogP contribution in [-0.2, 0) is 11.3 Å². The molecule has 3 aromatic rings. The molecule has 9 heteroatoms. The van der Waals surface area contributed by atoms with Crippen LogP contribution >= 0.6 is 0 Å². The molecule has 1 aliphatic rings. The van der Waals surface area contributed by atoms with Gasteiger partial charge in [0.05, 0.1) is 12.7 Å². The van der Waals surface area contributed by atoms with E-state index in [1.54, 1.807) is 23.0 Å². The number of halogens is 1. The van der Waals surface area contributed by atoms with E-state index in [9.17, 15) is 9.18 Å². The number of piperidine rings is 1. The molecule has 0 aliphatic carbocycles. The average Bonchev–Trinajstić information content (AvgIpc) is 3.15. The largest absolute Gasteiger partial charge is 0.445 e. The number of aryl methyl sites for hydroxylation is 1. The van der Waals surface area contributed by atoms with E-state index in [4.69, 9.17) is 4.74 Å². The molecule has 4 rings (SSSR count). The standard InChI is InChI=1S/C20H23FN6O2/c1-14-2-4-15(5-3-14)13-29-20(28)26-8-6-16(17(21)12-26)10-23-19-25-24-18-11-22-7-9-27(18)19/h2-5,7,9,11,16-17H,6,8,10,12-13H2,1H3,(H,23,25)/t16-,17-/m1/s1. The number of anilines is 1. The minimum Gasteiger partial charge on any atom is -0.445 e. The lowest BCUT2D eigenvalue weighted by Crippen LogP contribution is -2.46. The van der Waals surface area contributed by atoms with Gasteiger partial charge in [-0.25, -0.2) is 9.18 Å². The van der Waals surface area contributed by atoms with Crippen LogP contribution in [0.3, 0.4) is 0 Å². The normalized spacial score (nSPS) is 19.3. The first kappa shape index (κ1) is 19.1. The first-order valence-corrected chi connectivity index (χ1v) is 9.60. The van der Waals surface area contributed by atoms with Crippen LogP contribution in [0.5, 0.6) is 0 Å². The summed E-state index contributed by atoms with van der Waals surface area (Å²) < 4.78 is 21.8. The minimum absolute atomic E-state index is 0.0313. The molecule has 29 heavy (non-hydrogen) atoms. The molecule has 1 aromatic carbocycles. The molecular weight excluding hydrogens is 375 g/mol. The Morgan fingerprint density at radius 3 is 2.93 bits per heavy atom. The SMILES string of the molecule is Cc1ccc(COC(=O)N2CC[C@H](CNc3nnc4cnccn34)[C@H](F)C2)cc1. The first-order valence-electron chi connectivity index (χ1n) is 9.60. The van der Waals surface area contributed by atoms with Crippen molar-refractivity contribution in [2.24, 2.45) is 5.92 Å². The maximum absolute atomic E-state index is 14.7. The third kappa shape index (κ3) is 4.44. The van der Waals surface area contributed by atoms with E-state index >= 15 is 0 Å². The number of nitrogens with zero attached hydrogens (tertiary/aromatic N) is 5. The Morgan fingerprint density at radius 1 is 1.31 bits per heavy atom. The Morgan fingerprint density at radius 2 is 2.14 bits per heavy atom. The van der Waals surface area contributed by atoms with Crippen LogP contribution in [0.2, 0.25) is 0 Å². The Labute approximate surface area is 167 Å². The third-order valence-corrected chi connectivity index (χ3v) is 5.15. The second kappa shape index (κ2) is 8.42. The zero-order chi connectivity index (χ0) is 20.2. The summed E-state index contributed by atoms with van der Waals surface area (Å²) in [6, 6.07) is 7.77. The van der Waals surface area contributed by atoms with Crippen molar-refractivity contribution >= 4 is 17.7 Å². The van der Waals surface area contributed by atoms with Crippen LogP contribution in [0.1, 0.15) is 17.5 Å². The molecule has 1 fully saturated rings. The van der Waals surface area contributed by atoms with Gasteiger partial charge in [-0.3, -0.25) is 9.38 Å². The van der Waals surface area contributed by atoms with Gasteiger partial charge in [0.2, 0.25) is 5.95 Å². The lowest BCUT2D eigenvalue weighted by atomic mass is 9.95. The Kier molecular flexibility index (Phi) is 5.55. The van der Waals surface area contributed by atoms with Crippen LogP contribution in [-0.4, -0.2) is 56.4 Å². The molecular formula is C20H23FN6O2. The van der Waals surface area contributed by atoms with E-state index in [0.717, 1.165) is 11.1 Å². The van der Waals surface area contributed by atoms with Crippen molar-refractivity contribution in [3.8, 4) is 0 Å². The zero-order valence-corrected chi connectivity index (χ0v) is 16.2. The van der Waals surface area contributed by atoms with Gasteiger partial charge in [-0.15, -0.1) is 10.2 Å². The molecule has 1 aliphatic heterocycles. The predicted molar refractivity (Wildman–Crippen MR) is 105 cm³/mol. The Bertz CT molecular complexity index is 977. The van der Waals surface area contributed by atoms with Crippen LogP contribution in [0.15, 0.2) is 42.9 Å². The number of ether oxygens (including phenoxy) is 1. The summed E-state index contributed by atoms with van der Waals surface area (Å²) in [5.41, 5.74) is 2.68. The van der Waals surface area contributed by atoms with Crippen LogP contribution in [0.4, 0.5) is 15.1 Å². The fourth-order valence-corrected chi connectivity index (χ4v) is 3.37. The van der Waals surface area contributed by atoms with Crippen LogP contribution in [0, 0.1) is 12.8 Å². The zero-order valence-electron chi connectivity index (χ0n) is 16.2. The second-order valence-electron chi connectivity index (χ2n) is 7.26. The number of aromatic nitrogens is 4. The summed E-state index contributed by atoms with van der Waals surface area (Å²) >= 11 is 0. The van der Waals surface area contributed by atoms with E-state index in [0.29, 0.717) is 31.1 Å². The summed E-state index contributed by atoms with van der Waals surface area (Å²) in [4.78, 5) is 17.7. The second-order valence-corrected chi connectivity index (χ2v) is 7.26. The van der Waals surface area contributed by atoms with E-state index in [1.807, 2.05) is 31.2 Å². The molecule has 8 nitrogen and oxygen atoms in total. The van der Waals surface area contributed by atoms with E-state index < -0.39 is 12.3 Å². The van der Waals surface area contributed by atoms with Gasteiger partial charge in [0, 0.05) is 31.4 Å². The molecule has 3 heterocycles. The monoisotopic (exact) mass is 398 g/mol. The fourth-order valence-electron chi connectivity index (χ4n) is 3.37. The minimum atomic E-state index is -1.14. The van der Waals surface area contributed by atoms with Gasteiger partial charge in [0.1, 0.15) is 12.8 Å². The molecule has 1 saturated heterocycles. The molecule has 0 radical (unpaired) electrons. The van der Waals surface area contributed by atoms with Crippen molar-refractivity contribution in [2.75, 3.05) is 25.0 Å². The number of nitrogens with one attached hydrogen (secondary N) is 1. The molecule has 1 N–H and O–H groups in total. The van der Waals surface area contributed by atoms with E-state index in [2.05, 4.69) is 20.5 Å². The number of likely N-dealkylation sites (tertiary alicyclic amines) is 1. The summed E-state index contributed by atoms with van der Waals surface area (Å²) in [6.45, 7) is 3.09. The highest BCUT2D eigenvalue weighted by atomic mass is 19.1. The van der Waals surface area contributed by atoms with E-state index in [1.165, 1.54) is 4.90 Å². The molecule has 0 saturated carbocycles. The molecule has 152 valence electrons. The van der Waals surface area contributed by atoms with Crippen molar-refractivity contribution in [2.45, 2.75) is 26.1 Å². The smallest absolute Gasteiger partial charge is 0.410 e. The highest BCUT2D eigenvalue weighted by Gasteiger charge is 2.32. The summed E-state index contributed by atoms with van der Waals surface area (Å²) in [5.74, 6) is 0.333. The van der Waals surface area contributed by atoms with Gasteiger partial charge in [-0.2, -0.15) is 0 Å². The molecule has 0 bridgehead atoms. The van der Waals surface area contributed by atoms with Crippen molar-refractivity contribution in [3.63, 3.8) is 0 Å². The number of carbonyl (C=O) groups excluding carboxylic acids is 1. The number of rotatable bonds is 5. The van der Waals surface area contributed by atoms with Crippen LogP contribution < -0.4 is 5.32 Å². The Balaban J connectivity index is 1.26. The van der Waals surface area contributed by atoms with Crippen molar-refractivity contribution < 1.29 is 13.9 Å². The number of carbonyl (C=O) groups is 1. The quantitative estimate of drug-likeness (QED) is 0.711. The topological polar surface area (TPSA) is 84.6 Å². The molecule has 0 unspecified atom stereocenters. The van der Waals surface area contributed by atoms with Crippen molar-refractivity contribution in [3.05, 3.63) is 54.0 Å². The van der Waals surface area contributed by atoms with E-state index in [-0.39, 0.29) is 19.1 Å². The number of benzene rings is 1. The van der Waals surface area contributed by atoms with Gasteiger partial charge < -0.3 is 15.0 Å². The first-order chi connectivity index (χ1) is 14.1. The van der Waals surface area contributed by atoms with Crippen molar-refractivity contribution in [1.82, 2.24) is 24.5 Å². The van der Waals surface area contributed by atoms with Crippen LogP contribution in [0.25, 0.3) is 5.65 Å². The summed E-state index contributed by atoms with van der Waals surface area (Å²) in [7, 11) is 0. The number of hydrogen-bond donors (Lipinski definition) is 1. The fraction of sp³-hybridized carbons (Fsp3) is 0.400. The molecule has 0 spiro atoms. The predicted octanol–water partition coefficient (Wildman–Crippen LogP) is 2.84. The summed E-state index contributed by atoms with van der Waals surface area (Å²) in [5, 5.41) is 11.2. The number of hydrogen-bond acceptors (Lipinski definition) is 6. The molecule has 1 amide bonds. The number of amides is 1. The lowest BCUT2D eigenvalue weighted by molar-refractivity contribution is 0.0544. The molecule has 2 atom stereocenters. The van der Waals surface area contributed by atoms with Crippen molar-refractivity contribution in [1.29, 1.82) is 0 Å². The highest BCUT2D eigenvalue weighted by molar-refractivity contribution is 5.67. The lowest BCUT2D eigenvalue weighted by Gasteiger charge is -2.34. The third-order valence-electron chi connectivity index (χ3n) is 5.15. The number of alkyl halides is 1. The van der Waals surface area contributed by atoms with Gasteiger partial charge in [-0.05, 0) is 18.9 Å². The average molecular weight is 398 g/mol. The maximum atomic E-state index is 14.7. The van der Waals surface area contributed by atoms with Gasteiger partial charge in [-0.1, -0.05) is 29.8 Å². The summed E-state index contributed by atoms with van der Waals surface area (Å²) in [6.07, 6.45) is 3.93. The highest BCUT2D eigenvalue weighted by Crippen LogP contribution is 2.22. The molecule has 2 aromatic heterocycles. The number of fused-ring (bicyclic) bond motifs is 1. The Hall–Kier alpha value is -3.23. The van der Waals surface area contributed by atoms with Gasteiger partial charge >= 0.3 is 6.09 Å². The van der Waals surface area contributed by atoms with Gasteiger partial charge in [0.15, 0.2) is 5.65 Å².